The molecule has 1 fully saturated rings. The van der Waals surface area contributed by atoms with Crippen molar-refractivity contribution in [1.82, 2.24) is 15.5 Å². The third-order valence-electron chi connectivity index (χ3n) is 3.45. The third kappa shape index (κ3) is 3.22. The second kappa shape index (κ2) is 5.39. The number of hydrogen-bond acceptors (Lipinski definition) is 4. The van der Waals surface area contributed by atoms with Gasteiger partial charge in [-0.3, -0.25) is 9.89 Å². The zero-order chi connectivity index (χ0) is 13.0. The van der Waals surface area contributed by atoms with E-state index in [2.05, 4.69) is 15.5 Å². The minimum absolute atomic E-state index is 0.281. The molecule has 0 aliphatic heterocycles. The number of H-pyrrole nitrogens is 1. The lowest BCUT2D eigenvalue weighted by atomic mass is 9.94. The number of carbonyl (C=O) groups excluding carboxylic acids is 1. The molecule has 0 saturated heterocycles. The summed E-state index contributed by atoms with van der Waals surface area (Å²) in [5.74, 6) is 0.00481. The van der Waals surface area contributed by atoms with E-state index in [4.69, 9.17) is 5.73 Å². The molecule has 0 atom stereocenters. The number of nitrogens with zero attached hydrogens (tertiary/aromatic N) is 1. The van der Waals surface area contributed by atoms with Crippen LogP contribution in [0, 0.1) is 0 Å². The number of nitrogen functional groups attached to an aromatic ring is 1. The van der Waals surface area contributed by atoms with E-state index in [1.165, 1.54) is 6.07 Å². The zero-order valence-electron chi connectivity index (χ0n) is 10.4. The molecule has 1 aromatic rings. The van der Waals surface area contributed by atoms with Crippen LogP contribution < -0.4 is 11.1 Å². The van der Waals surface area contributed by atoms with Crippen LogP contribution in [0.3, 0.4) is 0 Å². The van der Waals surface area contributed by atoms with E-state index < -0.39 is 5.60 Å². The fourth-order valence-electron chi connectivity index (χ4n) is 2.36. The van der Waals surface area contributed by atoms with Gasteiger partial charge >= 0.3 is 0 Å². The first kappa shape index (κ1) is 12.9. The van der Waals surface area contributed by atoms with Gasteiger partial charge in [0.15, 0.2) is 0 Å². The number of aromatic nitrogens is 2. The van der Waals surface area contributed by atoms with Crippen LogP contribution in [0.5, 0.6) is 0 Å². The fraction of sp³-hybridized carbons (Fsp3) is 0.667. The molecule has 1 aromatic heterocycles. The van der Waals surface area contributed by atoms with Crippen LogP contribution in [0.25, 0.3) is 0 Å². The number of aliphatic hydroxyl groups is 1. The number of aromatic amines is 1. The summed E-state index contributed by atoms with van der Waals surface area (Å²) in [4.78, 5) is 11.8. The predicted molar refractivity (Wildman–Crippen MR) is 68.0 cm³/mol. The van der Waals surface area contributed by atoms with Gasteiger partial charge < -0.3 is 16.2 Å². The van der Waals surface area contributed by atoms with Gasteiger partial charge in [0.2, 0.25) is 0 Å². The lowest BCUT2D eigenvalue weighted by Gasteiger charge is -2.26. The maximum atomic E-state index is 11.8. The SMILES string of the molecule is Nc1cc(C(=O)NCC2(O)CCCCCC2)[nH]n1. The maximum Gasteiger partial charge on any atom is 0.269 e. The molecule has 1 aliphatic rings. The van der Waals surface area contributed by atoms with Crippen molar-refractivity contribution in [1.29, 1.82) is 0 Å². The molecule has 6 nitrogen and oxygen atoms in total. The third-order valence-corrected chi connectivity index (χ3v) is 3.45. The molecule has 1 aliphatic carbocycles. The zero-order valence-corrected chi connectivity index (χ0v) is 10.4. The highest BCUT2D eigenvalue weighted by Crippen LogP contribution is 2.26. The van der Waals surface area contributed by atoms with Crippen LogP contribution >= 0.6 is 0 Å². The Morgan fingerprint density at radius 2 is 2.11 bits per heavy atom. The van der Waals surface area contributed by atoms with Crippen molar-refractivity contribution in [3.05, 3.63) is 11.8 Å². The number of hydrogen-bond donors (Lipinski definition) is 4. The van der Waals surface area contributed by atoms with Crippen LogP contribution in [-0.2, 0) is 0 Å². The van der Waals surface area contributed by atoms with Crippen molar-refractivity contribution in [3.8, 4) is 0 Å². The van der Waals surface area contributed by atoms with Crippen LogP contribution in [0.15, 0.2) is 6.07 Å². The van der Waals surface area contributed by atoms with Gasteiger partial charge in [0.05, 0.1) is 5.60 Å². The smallest absolute Gasteiger partial charge is 0.269 e. The summed E-state index contributed by atoms with van der Waals surface area (Å²) < 4.78 is 0. The van der Waals surface area contributed by atoms with Crippen LogP contribution in [0.2, 0.25) is 0 Å². The first-order chi connectivity index (χ1) is 8.59. The number of rotatable bonds is 3. The van der Waals surface area contributed by atoms with Crippen molar-refractivity contribution in [2.24, 2.45) is 0 Å². The second-order valence-electron chi connectivity index (χ2n) is 5.03. The highest BCUT2D eigenvalue weighted by atomic mass is 16.3. The van der Waals surface area contributed by atoms with E-state index in [1.807, 2.05) is 0 Å². The van der Waals surface area contributed by atoms with Crippen LogP contribution in [0.4, 0.5) is 5.82 Å². The molecule has 5 N–H and O–H groups in total. The highest BCUT2D eigenvalue weighted by molar-refractivity contribution is 5.92. The van der Waals surface area contributed by atoms with Gasteiger partial charge in [-0.15, -0.1) is 0 Å². The maximum absolute atomic E-state index is 11.8. The molecule has 0 aromatic carbocycles. The van der Waals surface area contributed by atoms with E-state index in [0.717, 1.165) is 38.5 Å². The molecule has 18 heavy (non-hydrogen) atoms. The van der Waals surface area contributed by atoms with Crippen LogP contribution in [-0.4, -0.2) is 33.4 Å². The van der Waals surface area contributed by atoms with E-state index in [0.29, 0.717) is 5.69 Å². The van der Waals surface area contributed by atoms with Crippen molar-refractivity contribution < 1.29 is 9.90 Å². The van der Waals surface area contributed by atoms with Gasteiger partial charge in [0.1, 0.15) is 11.5 Å². The quantitative estimate of drug-likeness (QED) is 0.597. The lowest BCUT2D eigenvalue weighted by Crippen LogP contribution is -2.42. The average Bonchev–Trinajstić information content (AvgIpc) is 2.66. The molecule has 0 spiro atoms. The van der Waals surface area contributed by atoms with E-state index in [9.17, 15) is 9.90 Å². The van der Waals surface area contributed by atoms with Crippen LogP contribution in [0.1, 0.15) is 49.0 Å². The number of nitrogens with one attached hydrogen (secondary N) is 2. The largest absolute Gasteiger partial charge is 0.388 e. The van der Waals surface area contributed by atoms with Gasteiger partial charge in [-0.05, 0) is 12.8 Å². The molecule has 6 heteroatoms. The molecule has 0 radical (unpaired) electrons. The Kier molecular flexibility index (Phi) is 3.86. The average molecular weight is 252 g/mol. The Hall–Kier alpha value is -1.56. The summed E-state index contributed by atoms with van der Waals surface area (Å²) in [6.07, 6.45) is 5.85. The van der Waals surface area contributed by atoms with Gasteiger partial charge in [0, 0.05) is 12.6 Å². The topological polar surface area (TPSA) is 104 Å². The molecule has 1 amide bonds. The summed E-state index contributed by atoms with van der Waals surface area (Å²) >= 11 is 0. The van der Waals surface area contributed by atoms with Crippen molar-refractivity contribution >= 4 is 11.7 Å². The highest BCUT2D eigenvalue weighted by Gasteiger charge is 2.28. The summed E-state index contributed by atoms with van der Waals surface area (Å²) in [6, 6.07) is 1.48. The van der Waals surface area contributed by atoms with Gasteiger partial charge in [-0.25, -0.2) is 0 Å². The summed E-state index contributed by atoms with van der Waals surface area (Å²) in [7, 11) is 0. The standard InChI is InChI=1S/C12H20N4O2/c13-10-7-9(15-16-10)11(17)14-8-12(18)5-3-1-2-4-6-12/h7,18H,1-6,8H2,(H,14,17)(H3,13,15,16). The molecular formula is C12H20N4O2. The molecule has 100 valence electrons. The number of nitrogens with two attached hydrogens (primary N) is 1. The fourth-order valence-corrected chi connectivity index (χ4v) is 2.36. The minimum Gasteiger partial charge on any atom is -0.388 e. The summed E-state index contributed by atoms with van der Waals surface area (Å²) in [5.41, 5.74) is 4.99. The Balaban J connectivity index is 1.88. The Bertz CT molecular complexity index is 408. The molecule has 2 rings (SSSR count). The van der Waals surface area contributed by atoms with Gasteiger partial charge in [-0.1, -0.05) is 25.7 Å². The Labute approximate surface area is 106 Å². The van der Waals surface area contributed by atoms with Gasteiger partial charge in [-0.2, -0.15) is 5.10 Å². The number of anilines is 1. The lowest BCUT2D eigenvalue weighted by molar-refractivity contribution is 0.0246. The Morgan fingerprint density at radius 1 is 1.44 bits per heavy atom. The van der Waals surface area contributed by atoms with E-state index in [1.54, 1.807) is 0 Å². The first-order valence-electron chi connectivity index (χ1n) is 6.41. The van der Waals surface area contributed by atoms with Crippen molar-refractivity contribution in [2.75, 3.05) is 12.3 Å². The normalized spacial score (nSPS) is 19.2. The summed E-state index contributed by atoms with van der Waals surface area (Å²) in [6.45, 7) is 0.282. The second-order valence-corrected chi connectivity index (χ2v) is 5.03. The molecule has 0 unspecified atom stereocenters. The summed E-state index contributed by atoms with van der Waals surface area (Å²) in [5, 5.41) is 19.4. The molecule has 1 saturated carbocycles. The Morgan fingerprint density at radius 3 is 2.67 bits per heavy atom. The van der Waals surface area contributed by atoms with Gasteiger partial charge in [0.25, 0.3) is 5.91 Å². The minimum atomic E-state index is -0.766. The predicted octanol–water partition coefficient (Wildman–Crippen LogP) is 0.807. The van der Waals surface area contributed by atoms with E-state index >= 15 is 0 Å². The molecular weight excluding hydrogens is 232 g/mol. The molecule has 1 heterocycles. The number of carbonyl (C=O) groups is 1. The monoisotopic (exact) mass is 252 g/mol. The van der Waals surface area contributed by atoms with E-state index in [-0.39, 0.29) is 18.3 Å². The van der Waals surface area contributed by atoms with Crippen molar-refractivity contribution in [3.63, 3.8) is 0 Å². The molecule has 0 bridgehead atoms. The number of amides is 1. The van der Waals surface area contributed by atoms with Crippen molar-refractivity contribution in [2.45, 2.75) is 44.1 Å². The first-order valence-corrected chi connectivity index (χ1v) is 6.41.